The van der Waals surface area contributed by atoms with E-state index in [0.29, 0.717) is 6.42 Å². The second kappa shape index (κ2) is 5.68. The standard InChI is InChI=1S/C4H11NO2S.Na.H/c1-2-3-4-8(5,6)7;;/h2-4H2,1H3,(H2,5,6,7);;. The zero-order valence-corrected chi connectivity index (χ0v) is 5.74. The predicted octanol–water partition coefficient (Wildman–Crippen LogP) is -0.574. The van der Waals surface area contributed by atoms with E-state index in [2.05, 4.69) is 0 Å². The predicted molar refractivity (Wildman–Crippen MR) is 40.0 cm³/mol. The van der Waals surface area contributed by atoms with Crippen molar-refractivity contribution in [2.24, 2.45) is 5.14 Å². The van der Waals surface area contributed by atoms with Crippen LogP contribution < -0.4 is 5.14 Å². The van der Waals surface area contributed by atoms with Gasteiger partial charge < -0.3 is 0 Å². The van der Waals surface area contributed by atoms with E-state index < -0.39 is 10.0 Å². The van der Waals surface area contributed by atoms with Gasteiger partial charge in [0.15, 0.2) is 0 Å². The van der Waals surface area contributed by atoms with E-state index in [9.17, 15) is 8.42 Å². The van der Waals surface area contributed by atoms with E-state index in [-0.39, 0.29) is 35.3 Å². The third kappa shape index (κ3) is 12.2. The first kappa shape index (κ1) is 12.6. The van der Waals surface area contributed by atoms with Crippen molar-refractivity contribution >= 4 is 39.6 Å². The molecule has 0 aromatic rings. The van der Waals surface area contributed by atoms with Gasteiger partial charge in [-0.05, 0) is 6.42 Å². The Morgan fingerprint density at radius 3 is 2.00 bits per heavy atom. The Morgan fingerprint density at radius 2 is 1.89 bits per heavy atom. The fourth-order valence-electron chi connectivity index (χ4n) is 0.346. The topological polar surface area (TPSA) is 60.2 Å². The van der Waals surface area contributed by atoms with Crippen LogP contribution in [-0.4, -0.2) is 43.7 Å². The molecule has 0 aromatic carbocycles. The molecule has 0 aromatic heterocycles. The Balaban J connectivity index is 0. The molecule has 0 aliphatic carbocycles. The molecule has 0 radical (unpaired) electrons. The quantitative estimate of drug-likeness (QED) is 0.563. The van der Waals surface area contributed by atoms with Crippen LogP contribution in [-0.2, 0) is 10.0 Å². The van der Waals surface area contributed by atoms with Crippen LogP contribution in [0.2, 0.25) is 0 Å². The average Bonchev–Trinajstić information content (AvgIpc) is 1.59. The SMILES string of the molecule is CCCCS(N)(=O)=O.[NaH]. The van der Waals surface area contributed by atoms with Gasteiger partial charge in [0.05, 0.1) is 5.75 Å². The van der Waals surface area contributed by atoms with Crippen LogP contribution >= 0.6 is 0 Å². The van der Waals surface area contributed by atoms with Crippen LogP contribution in [0, 0.1) is 0 Å². The molecule has 0 heterocycles. The Labute approximate surface area is 78.3 Å². The summed E-state index contributed by atoms with van der Waals surface area (Å²) in [5.41, 5.74) is 0. The van der Waals surface area contributed by atoms with Gasteiger partial charge in [-0.2, -0.15) is 0 Å². The van der Waals surface area contributed by atoms with Crippen molar-refractivity contribution in [1.82, 2.24) is 0 Å². The fourth-order valence-corrected chi connectivity index (χ4v) is 1.04. The number of hydrogen-bond donors (Lipinski definition) is 1. The van der Waals surface area contributed by atoms with E-state index in [1.54, 1.807) is 0 Å². The zero-order valence-electron chi connectivity index (χ0n) is 4.92. The number of sulfonamides is 1. The molecule has 2 N–H and O–H groups in total. The molecule has 0 saturated heterocycles. The first-order valence-corrected chi connectivity index (χ1v) is 4.28. The second-order valence-electron chi connectivity index (χ2n) is 1.72. The van der Waals surface area contributed by atoms with Gasteiger partial charge in [0.1, 0.15) is 0 Å². The van der Waals surface area contributed by atoms with Gasteiger partial charge in [-0.25, -0.2) is 13.6 Å². The van der Waals surface area contributed by atoms with Crippen LogP contribution in [0.25, 0.3) is 0 Å². The number of nitrogens with two attached hydrogens (primary N) is 1. The molecule has 0 unspecified atom stereocenters. The fraction of sp³-hybridized carbons (Fsp3) is 1.00. The van der Waals surface area contributed by atoms with Gasteiger partial charge in [0.25, 0.3) is 0 Å². The minimum atomic E-state index is -3.19. The molecule has 0 spiro atoms. The Morgan fingerprint density at radius 1 is 1.44 bits per heavy atom. The van der Waals surface area contributed by atoms with E-state index in [4.69, 9.17) is 5.14 Å². The van der Waals surface area contributed by atoms with E-state index in [1.165, 1.54) is 0 Å². The molecule has 0 atom stereocenters. The van der Waals surface area contributed by atoms with Crippen molar-refractivity contribution in [3.05, 3.63) is 0 Å². The summed E-state index contributed by atoms with van der Waals surface area (Å²) in [4.78, 5) is 0. The van der Waals surface area contributed by atoms with Gasteiger partial charge in [-0.3, -0.25) is 0 Å². The van der Waals surface area contributed by atoms with Gasteiger partial charge in [0.2, 0.25) is 10.0 Å². The average molecular weight is 161 g/mol. The maximum absolute atomic E-state index is 10.2. The van der Waals surface area contributed by atoms with Crippen LogP contribution in [0.4, 0.5) is 0 Å². The molecule has 0 aliphatic rings. The second-order valence-corrected chi connectivity index (χ2v) is 3.45. The molecule has 0 bridgehead atoms. The van der Waals surface area contributed by atoms with Crippen LogP contribution in [0.15, 0.2) is 0 Å². The molecule has 0 saturated carbocycles. The maximum atomic E-state index is 10.2. The summed E-state index contributed by atoms with van der Waals surface area (Å²) in [5.74, 6) is 0.115. The molecule has 0 rings (SSSR count). The zero-order chi connectivity index (χ0) is 6.62. The summed E-state index contributed by atoms with van der Waals surface area (Å²) >= 11 is 0. The summed E-state index contributed by atoms with van der Waals surface area (Å²) in [6.07, 6.45) is 1.54. The summed E-state index contributed by atoms with van der Waals surface area (Å²) in [6.45, 7) is 1.92. The Bertz CT molecular complexity index is 143. The molecule has 3 nitrogen and oxygen atoms in total. The molecule has 0 fully saturated rings. The first-order valence-electron chi connectivity index (χ1n) is 2.56. The van der Waals surface area contributed by atoms with Crippen LogP contribution in [0.3, 0.4) is 0 Å². The van der Waals surface area contributed by atoms with E-state index >= 15 is 0 Å². The monoisotopic (exact) mass is 161 g/mol. The normalized spacial score (nSPS) is 10.4. The molecular formula is C4H12NNaO2S. The third-order valence-corrected chi connectivity index (χ3v) is 1.64. The number of rotatable bonds is 3. The van der Waals surface area contributed by atoms with Gasteiger partial charge in [-0.1, -0.05) is 13.3 Å². The van der Waals surface area contributed by atoms with Crippen molar-refractivity contribution in [1.29, 1.82) is 0 Å². The Kier molecular flexibility index (Phi) is 7.93. The molecule has 0 aliphatic heterocycles. The van der Waals surface area contributed by atoms with Crippen molar-refractivity contribution in [2.75, 3.05) is 5.75 Å². The number of primary sulfonamides is 1. The molecule has 9 heavy (non-hydrogen) atoms. The number of hydrogen-bond acceptors (Lipinski definition) is 2. The molecule has 52 valence electrons. The van der Waals surface area contributed by atoms with Gasteiger partial charge in [0, 0.05) is 0 Å². The van der Waals surface area contributed by atoms with Crippen LogP contribution in [0.1, 0.15) is 19.8 Å². The molecule has 5 heteroatoms. The minimum absolute atomic E-state index is 0. The van der Waals surface area contributed by atoms with Crippen molar-refractivity contribution in [3.63, 3.8) is 0 Å². The van der Waals surface area contributed by atoms with Gasteiger partial charge in [-0.15, -0.1) is 0 Å². The summed E-state index contributed by atoms with van der Waals surface area (Å²) in [7, 11) is -3.19. The summed E-state index contributed by atoms with van der Waals surface area (Å²) in [5, 5.41) is 4.69. The van der Waals surface area contributed by atoms with E-state index in [1.807, 2.05) is 6.92 Å². The molecular weight excluding hydrogens is 149 g/mol. The van der Waals surface area contributed by atoms with Crippen molar-refractivity contribution in [2.45, 2.75) is 19.8 Å². The van der Waals surface area contributed by atoms with Crippen molar-refractivity contribution < 1.29 is 8.42 Å². The van der Waals surface area contributed by atoms with Crippen molar-refractivity contribution in [3.8, 4) is 0 Å². The van der Waals surface area contributed by atoms with Gasteiger partial charge >= 0.3 is 29.6 Å². The summed E-state index contributed by atoms with van der Waals surface area (Å²) in [6, 6.07) is 0. The number of unbranched alkanes of at least 4 members (excludes halogenated alkanes) is 1. The molecule has 0 amide bonds. The van der Waals surface area contributed by atoms with E-state index in [0.717, 1.165) is 6.42 Å². The Hall–Kier alpha value is 0.910. The third-order valence-electron chi connectivity index (χ3n) is 0.782. The first-order chi connectivity index (χ1) is 3.56. The summed E-state index contributed by atoms with van der Waals surface area (Å²) < 4.78 is 20.3. The van der Waals surface area contributed by atoms with Crippen LogP contribution in [0.5, 0.6) is 0 Å².